The fourth-order valence-electron chi connectivity index (χ4n) is 1.53. The first kappa shape index (κ1) is 14.0. The second-order valence-electron chi connectivity index (χ2n) is 4.70. The van der Waals surface area contributed by atoms with Crippen LogP contribution >= 0.6 is 0 Å². The van der Waals surface area contributed by atoms with Gasteiger partial charge in [-0.25, -0.2) is 4.68 Å². The first-order chi connectivity index (χ1) is 9.69. The van der Waals surface area contributed by atoms with Gasteiger partial charge in [0.1, 0.15) is 12.7 Å². The van der Waals surface area contributed by atoms with Crippen molar-refractivity contribution in [3.05, 3.63) is 36.4 Å². The number of methoxy groups -OCH3 is 1. The first-order valence-electron chi connectivity index (χ1n) is 6.39. The number of hydrogen-bond acceptors (Lipinski definition) is 5. The number of rotatable bonds is 6. The predicted octanol–water partition coefficient (Wildman–Crippen LogP) is 2.20. The molecule has 6 heteroatoms. The maximum atomic E-state index is 5.70. The van der Waals surface area contributed by atoms with E-state index in [1.807, 2.05) is 18.2 Å². The zero-order chi connectivity index (χ0) is 14.4. The zero-order valence-electron chi connectivity index (χ0n) is 11.9. The molecule has 0 aliphatic carbocycles. The highest BCUT2D eigenvalue weighted by atomic mass is 16.5. The molecule has 0 saturated heterocycles. The lowest BCUT2D eigenvalue weighted by molar-refractivity contribution is 0.257. The Morgan fingerprint density at radius 3 is 2.65 bits per heavy atom. The third-order valence-electron chi connectivity index (χ3n) is 2.51. The van der Waals surface area contributed by atoms with Gasteiger partial charge in [0.15, 0.2) is 11.5 Å². The van der Waals surface area contributed by atoms with Gasteiger partial charge < -0.3 is 9.47 Å². The lowest BCUT2D eigenvalue weighted by atomic mass is 10.2. The van der Waals surface area contributed by atoms with Crippen molar-refractivity contribution in [2.75, 3.05) is 13.7 Å². The molecule has 0 aliphatic heterocycles. The molecule has 0 amide bonds. The first-order valence-corrected chi connectivity index (χ1v) is 6.39. The summed E-state index contributed by atoms with van der Waals surface area (Å²) in [6.45, 7) is 4.86. The molecular weight excluding hydrogens is 256 g/mol. The molecule has 0 bridgehead atoms. The molecule has 20 heavy (non-hydrogen) atoms. The Labute approximate surface area is 118 Å². The molecule has 0 N–H and O–H groups in total. The van der Waals surface area contributed by atoms with E-state index in [4.69, 9.17) is 9.47 Å². The van der Waals surface area contributed by atoms with E-state index in [1.165, 1.54) is 17.3 Å². The normalized spacial score (nSPS) is 11.2. The van der Waals surface area contributed by atoms with E-state index in [0.29, 0.717) is 18.3 Å². The number of benzene rings is 1. The standard InChI is InChI=1S/C14H18N4O2/c1-11(2)8-20-13-5-4-12(6-14(13)19-3)7-17-18-9-15-16-10-18/h4-7,9-11H,8H2,1-3H3/b17-7-. The minimum Gasteiger partial charge on any atom is -0.493 e. The zero-order valence-corrected chi connectivity index (χ0v) is 11.9. The summed E-state index contributed by atoms with van der Waals surface area (Å²) in [7, 11) is 1.62. The summed E-state index contributed by atoms with van der Waals surface area (Å²) in [5.41, 5.74) is 0.910. The molecule has 1 aromatic heterocycles. The summed E-state index contributed by atoms with van der Waals surface area (Å²) in [5, 5.41) is 11.5. The van der Waals surface area contributed by atoms with Gasteiger partial charge in [-0.2, -0.15) is 5.10 Å². The van der Waals surface area contributed by atoms with Crippen LogP contribution in [0.2, 0.25) is 0 Å². The highest BCUT2D eigenvalue weighted by Crippen LogP contribution is 2.27. The van der Waals surface area contributed by atoms with E-state index in [-0.39, 0.29) is 0 Å². The van der Waals surface area contributed by atoms with Crippen molar-refractivity contribution in [1.29, 1.82) is 0 Å². The third kappa shape index (κ3) is 3.81. The summed E-state index contributed by atoms with van der Waals surface area (Å²) in [6.07, 6.45) is 4.75. The molecular formula is C14H18N4O2. The van der Waals surface area contributed by atoms with Gasteiger partial charge in [-0.3, -0.25) is 0 Å². The Balaban J connectivity index is 2.12. The quantitative estimate of drug-likeness (QED) is 0.758. The van der Waals surface area contributed by atoms with Gasteiger partial charge >= 0.3 is 0 Å². The molecule has 0 atom stereocenters. The van der Waals surface area contributed by atoms with Crippen LogP contribution in [0.1, 0.15) is 19.4 Å². The summed E-state index contributed by atoms with van der Waals surface area (Å²) in [6, 6.07) is 5.68. The van der Waals surface area contributed by atoms with E-state index in [9.17, 15) is 0 Å². The van der Waals surface area contributed by atoms with Crippen LogP contribution < -0.4 is 9.47 Å². The van der Waals surface area contributed by atoms with Crippen LogP contribution in [0.25, 0.3) is 0 Å². The van der Waals surface area contributed by atoms with Gasteiger partial charge in [-0.05, 0) is 29.7 Å². The van der Waals surface area contributed by atoms with Crippen LogP contribution in [-0.4, -0.2) is 34.8 Å². The number of ether oxygens (including phenoxy) is 2. The highest BCUT2D eigenvalue weighted by molar-refractivity contribution is 5.80. The maximum Gasteiger partial charge on any atom is 0.161 e. The van der Waals surface area contributed by atoms with E-state index in [0.717, 1.165) is 11.3 Å². The Morgan fingerprint density at radius 1 is 1.25 bits per heavy atom. The second kappa shape index (κ2) is 6.70. The smallest absolute Gasteiger partial charge is 0.161 e. The van der Waals surface area contributed by atoms with Crippen molar-refractivity contribution in [2.45, 2.75) is 13.8 Å². The average Bonchev–Trinajstić information content (AvgIpc) is 2.96. The Kier molecular flexibility index (Phi) is 4.70. The minimum absolute atomic E-state index is 0.467. The van der Waals surface area contributed by atoms with Gasteiger partial charge in [0.25, 0.3) is 0 Å². The molecule has 0 aliphatic rings. The molecule has 0 fully saturated rings. The highest BCUT2D eigenvalue weighted by Gasteiger charge is 2.06. The van der Waals surface area contributed by atoms with E-state index < -0.39 is 0 Å². The van der Waals surface area contributed by atoms with E-state index in [2.05, 4.69) is 29.1 Å². The Bertz CT molecular complexity index is 565. The summed E-state index contributed by atoms with van der Waals surface area (Å²) in [4.78, 5) is 0. The molecule has 2 rings (SSSR count). The largest absolute Gasteiger partial charge is 0.493 e. The van der Waals surface area contributed by atoms with Gasteiger partial charge in [-0.1, -0.05) is 13.8 Å². The lowest BCUT2D eigenvalue weighted by Crippen LogP contribution is -2.05. The molecule has 106 valence electrons. The van der Waals surface area contributed by atoms with Gasteiger partial charge in [-0.15, -0.1) is 10.2 Å². The molecule has 0 spiro atoms. The lowest BCUT2D eigenvalue weighted by Gasteiger charge is -2.12. The van der Waals surface area contributed by atoms with Gasteiger partial charge in [0, 0.05) is 0 Å². The summed E-state index contributed by atoms with van der Waals surface area (Å²) in [5.74, 6) is 1.90. The fraction of sp³-hybridized carbons (Fsp3) is 0.357. The average molecular weight is 274 g/mol. The fourth-order valence-corrected chi connectivity index (χ4v) is 1.53. The van der Waals surface area contributed by atoms with Crippen LogP contribution in [0.5, 0.6) is 11.5 Å². The van der Waals surface area contributed by atoms with Crippen molar-refractivity contribution in [2.24, 2.45) is 11.0 Å². The Hall–Kier alpha value is -2.37. The summed E-state index contributed by atoms with van der Waals surface area (Å²) >= 11 is 0. The number of hydrogen-bond donors (Lipinski definition) is 0. The minimum atomic E-state index is 0.467. The predicted molar refractivity (Wildman–Crippen MR) is 76.3 cm³/mol. The van der Waals surface area contributed by atoms with Crippen molar-refractivity contribution in [1.82, 2.24) is 14.9 Å². The van der Waals surface area contributed by atoms with Gasteiger partial charge in [0.05, 0.1) is 19.9 Å². The molecule has 6 nitrogen and oxygen atoms in total. The van der Waals surface area contributed by atoms with Crippen LogP contribution in [0.4, 0.5) is 0 Å². The van der Waals surface area contributed by atoms with Crippen molar-refractivity contribution in [3.63, 3.8) is 0 Å². The SMILES string of the molecule is COc1cc(/C=N\n2cnnc2)ccc1OCC(C)C. The number of nitrogens with zero attached hydrogens (tertiary/aromatic N) is 4. The van der Waals surface area contributed by atoms with Gasteiger partial charge in [0.2, 0.25) is 0 Å². The van der Waals surface area contributed by atoms with Crippen LogP contribution in [0.15, 0.2) is 36.0 Å². The molecule has 1 heterocycles. The molecule has 2 aromatic rings. The number of aromatic nitrogens is 3. The Morgan fingerprint density at radius 2 is 2.00 bits per heavy atom. The maximum absolute atomic E-state index is 5.70. The van der Waals surface area contributed by atoms with Crippen molar-refractivity contribution >= 4 is 6.21 Å². The molecule has 1 aromatic carbocycles. The molecule has 0 saturated carbocycles. The van der Waals surface area contributed by atoms with E-state index >= 15 is 0 Å². The van der Waals surface area contributed by atoms with Crippen molar-refractivity contribution < 1.29 is 9.47 Å². The topological polar surface area (TPSA) is 61.5 Å². The monoisotopic (exact) mass is 274 g/mol. The van der Waals surface area contributed by atoms with Crippen molar-refractivity contribution in [3.8, 4) is 11.5 Å². The van der Waals surface area contributed by atoms with Crippen LogP contribution in [0.3, 0.4) is 0 Å². The second-order valence-corrected chi connectivity index (χ2v) is 4.70. The van der Waals surface area contributed by atoms with Crippen LogP contribution in [-0.2, 0) is 0 Å². The summed E-state index contributed by atoms with van der Waals surface area (Å²) < 4.78 is 12.6. The molecule has 0 radical (unpaired) electrons. The third-order valence-corrected chi connectivity index (χ3v) is 2.51. The molecule has 0 unspecified atom stereocenters. The van der Waals surface area contributed by atoms with Crippen LogP contribution in [0, 0.1) is 5.92 Å². The van der Waals surface area contributed by atoms with E-state index in [1.54, 1.807) is 13.3 Å².